The number of aromatic nitrogens is 2. The molecule has 1 unspecified atom stereocenters. The number of imide groups is 2. The van der Waals surface area contributed by atoms with Gasteiger partial charge in [0.1, 0.15) is 17.5 Å². The molecule has 3 aromatic rings. The molecule has 4 N–H and O–H groups in total. The molecule has 1 saturated carbocycles. The molecule has 7 amide bonds. The number of hydrogen-bond acceptors (Lipinski definition) is 14. The second kappa shape index (κ2) is 17.9. The number of hydrogen-bond donors (Lipinski definition) is 4. The molecular weight excluding hydrogens is 861 g/mol. The Morgan fingerprint density at radius 2 is 1.65 bits per heavy atom. The van der Waals surface area contributed by atoms with E-state index in [4.69, 9.17) is 0 Å². The van der Waals surface area contributed by atoms with Gasteiger partial charge in [-0.2, -0.15) is 13.8 Å². The fourth-order valence-corrected chi connectivity index (χ4v) is 9.93. The number of carbonyl (C=O) groups excluding carboxylic acids is 7. The van der Waals surface area contributed by atoms with Crippen molar-refractivity contribution in [1.29, 1.82) is 0 Å². The van der Waals surface area contributed by atoms with Gasteiger partial charge in [0.05, 0.1) is 35.2 Å². The van der Waals surface area contributed by atoms with E-state index in [1.807, 2.05) is 4.90 Å². The van der Waals surface area contributed by atoms with E-state index in [1.54, 1.807) is 23.1 Å². The zero-order chi connectivity index (χ0) is 46.4. The van der Waals surface area contributed by atoms with Crippen LogP contribution in [0.25, 0.3) is 0 Å². The number of fused-ring (bicyclic) bond motifs is 2. The van der Waals surface area contributed by atoms with Gasteiger partial charge in [0.25, 0.3) is 23.6 Å². The number of alkyl halides is 2. The second-order valence-electron chi connectivity index (χ2n) is 17.7. The number of amides is 7. The highest BCUT2D eigenvalue weighted by Crippen LogP contribution is 2.40. The number of piperidine rings is 2. The van der Waals surface area contributed by atoms with Crippen LogP contribution >= 0.6 is 0 Å². The molecule has 0 radical (unpaired) electrons. The molecule has 1 atom stereocenters. The van der Waals surface area contributed by atoms with E-state index in [2.05, 4.69) is 30.8 Å². The molecule has 21 heteroatoms. The summed E-state index contributed by atoms with van der Waals surface area (Å²) in [5, 5.41) is 19.1. The van der Waals surface area contributed by atoms with Crippen LogP contribution in [0.3, 0.4) is 0 Å². The van der Waals surface area contributed by atoms with E-state index in [9.17, 15) is 47.4 Å². The van der Waals surface area contributed by atoms with Gasteiger partial charge in [0, 0.05) is 83.3 Å². The molecular formula is C45H51F2N11O8. The van der Waals surface area contributed by atoms with Crippen molar-refractivity contribution in [3.05, 3.63) is 59.3 Å². The standard InChI is InChI=1S/C45H51F2N11O8/c1-53-33-24-48-44(52-38(33)57(28-5-2-3-6-28)25-45(46,47)43(53)66)50-30-10-9-26(23-34(30)59)39(62)49-27-13-17-56(18-14-27)36(61)15-16-54-19-21-55(22-20-54)31-8-4-7-29-37(31)42(65)58(41(29)64)32-11-12-35(60)51-40(32)63/h4,7-10,23-24,27-28,32,59H,2-3,5-6,11-22,25H2,1H3,(H,49,62)(H,48,50,52)(H,51,60,63). The van der Waals surface area contributed by atoms with Gasteiger partial charge < -0.3 is 35.3 Å². The third-order valence-electron chi connectivity index (χ3n) is 13.6. The maximum atomic E-state index is 15.0. The van der Waals surface area contributed by atoms with Crippen LogP contribution < -0.4 is 30.7 Å². The molecule has 9 rings (SSSR count). The van der Waals surface area contributed by atoms with Crippen LogP contribution in [0.5, 0.6) is 5.75 Å². The van der Waals surface area contributed by atoms with Crippen LogP contribution in [0.2, 0.25) is 0 Å². The van der Waals surface area contributed by atoms with Crippen molar-refractivity contribution < 1.29 is 47.4 Å². The van der Waals surface area contributed by atoms with Gasteiger partial charge >= 0.3 is 5.92 Å². The lowest BCUT2D eigenvalue weighted by Crippen LogP contribution is -2.54. The minimum atomic E-state index is -3.62. The van der Waals surface area contributed by atoms with E-state index < -0.39 is 54.0 Å². The number of carbonyl (C=O) groups is 7. The van der Waals surface area contributed by atoms with E-state index >= 15 is 0 Å². The van der Waals surface area contributed by atoms with Crippen molar-refractivity contribution >= 4 is 70.2 Å². The van der Waals surface area contributed by atoms with Crippen LogP contribution in [-0.2, 0) is 19.2 Å². The van der Waals surface area contributed by atoms with Crippen molar-refractivity contribution in [2.45, 2.75) is 81.8 Å². The molecule has 6 aliphatic rings. The molecule has 19 nitrogen and oxygen atoms in total. The minimum absolute atomic E-state index is 0.0110. The average Bonchev–Trinajstić information content (AvgIpc) is 3.92. The summed E-state index contributed by atoms with van der Waals surface area (Å²) in [6.07, 6.45) is 5.99. The lowest BCUT2D eigenvalue weighted by Gasteiger charge is -2.37. The van der Waals surface area contributed by atoms with Gasteiger partial charge in [0.2, 0.25) is 23.7 Å². The van der Waals surface area contributed by atoms with Gasteiger partial charge in [-0.25, -0.2) is 4.98 Å². The fourth-order valence-electron chi connectivity index (χ4n) is 9.93. The Labute approximate surface area is 378 Å². The van der Waals surface area contributed by atoms with E-state index in [1.165, 1.54) is 36.3 Å². The second-order valence-corrected chi connectivity index (χ2v) is 17.7. The summed E-state index contributed by atoms with van der Waals surface area (Å²) in [7, 11) is 1.27. The summed E-state index contributed by atoms with van der Waals surface area (Å²) in [4.78, 5) is 108. The smallest absolute Gasteiger partial charge is 0.342 e. The predicted octanol–water partition coefficient (Wildman–Crippen LogP) is 2.62. The fraction of sp³-hybridized carbons (Fsp3) is 0.489. The van der Waals surface area contributed by atoms with Crippen molar-refractivity contribution in [3.8, 4) is 5.75 Å². The van der Waals surface area contributed by atoms with E-state index in [-0.39, 0.29) is 76.4 Å². The predicted molar refractivity (Wildman–Crippen MR) is 235 cm³/mol. The maximum Gasteiger partial charge on any atom is 0.342 e. The van der Waals surface area contributed by atoms with Gasteiger partial charge in [-0.05, 0) is 62.4 Å². The van der Waals surface area contributed by atoms with Crippen molar-refractivity contribution in [1.82, 2.24) is 35.3 Å². The quantitative estimate of drug-likeness (QED) is 0.170. The molecule has 5 aliphatic heterocycles. The number of likely N-dealkylation sites (tertiary alicyclic amines) is 1. The largest absolute Gasteiger partial charge is 0.506 e. The van der Waals surface area contributed by atoms with Crippen molar-refractivity contribution in [3.63, 3.8) is 0 Å². The third kappa shape index (κ3) is 8.58. The monoisotopic (exact) mass is 911 g/mol. The number of phenolic OH excluding ortho intramolecular Hbond substituents is 1. The molecule has 1 aliphatic carbocycles. The Kier molecular flexibility index (Phi) is 12.0. The number of halogens is 2. The number of nitrogens with one attached hydrogen (secondary N) is 3. The van der Waals surface area contributed by atoms with Gasteiger partial charge in [-0.15, -0.1) is 0 Å². The maximum absolute atomic E-state index is 15.0. The first-order valence-corrected chi connectivity index (χ1v) is 22.5. The number of nitrogens with zero attached hydrogens (tertiary/aromatic N) is 8. The first-order chi connectivity index (χ1) is 31.7. The average molecular weight is 912 g/mol. The van der Waals surface area contributed by atoms with E-state index in [0.717, 1.165) is 22.6 Å². The Balaban J connectivity index is 0.735. The summed E-state index contributed by atoms with van der Waals surface area (Å²) in [6.45, 7) is 3.04. The Hall–Kier alpha value is -6.77. The third-order valence-corrected chi connectivity index (χ3v) is 13.6. The van der Waals surface area contributed by atoms with Crippen molar-refractivity contribution in [2.24, 2.45) is 0 Å². The Bertz CT molecular complexity index is 2490. The highest BCUT2D eigenvalue weighted by molar-refractivity contribution is 6.25. The Morgan fingerprint density at radius 3 is 2.36 bits per heavy atom. The molecule has 4 fully saturated rings. The molecule has 6 heterocycles. The van der Waals surface area contributed by atoms with Crippen LogP contribution in [0, 0.1) is 0 Å². The summed E-state index contributed by atoms with van der Waals surface area (Å²) in [5.74, 6) is -7.57. The van der Waals surface area contributed by atoms with Crippen LogP contribution in [0.4, 0.5) is 37.6 Å². The molecule has 2 aromatic carbocycles. The number of anilines is 5. The first kappa shape index (κ1) is 44.4. The number of aromatic hydroxyl groups is 1. The molecule has 0 spiro atoms. The molecule has 348 valence electrons. The highest BCUT2D eigenvalue weighted by Gasteiger charge is 2.49. The van der Waals surface area contributed by atoms with Crippen molar-refractivity contribution in [2.75, 3.05) is 79.4 Å². The molecule has 3 saturated heterocycles. The van der Waals surface area contributed by atoms with Crippen LogP contribution in [0.15, 0.2) is 42.6 Å². The zero-order valence-electron chi connectivity index (χ0n) is 36.4. The summed E-state index contributed by atoms with van der Waals surface area (Å²) >= 11 is 0. The van der Waals surface area contributed by atoms with Gasteiger partial charge in [0.15, 0.2) is 5.82 Å². The lowest BCUT2D eigenvalue weighted by atomic mass is 10.0. The first-order valence-electron chi connectivity index (χ1n) is 22.5. The normalized spacial score (nSPS) is 21.8. The number of phenols is 1. The lowest BCUT2D eigenvalue weighted by molar-refractivity contribution is -0.140. The minimum Gasteiger partial charge on any atom is -0.506 e. The van der Waals surface area contributed by atoms with Crippen LogP contribution in [0.1, 0.15) is 88.9 Å². The highest BCUT2D eigenvalue weighted by atomic mass is 19.3. The molecule has 0 bridgehead atoms. The van der Waals surface area contributed by atoms with Gasteiger partial charge in [-0.1, -0.05) is 18.9 Å². The summed E-state index contributed by atoms with van der Waals surface area (Å²) < 4.78 is 30.0. The molecule has 1 aromatic heterocycles. The van der Waals surface area contributed by atoms with Gasteiger partial charge in [-0.3, -0.25) is 48.7 Å². The number of benzene rings is 2. The van der Waals surface area contributed by atoms with E-state index in [0.29, 0.717) is 83.6 Å². The SMILES string of the molecule is CN1C(=O)C(F)(F)CN(C2CCCC2)c2nc(Nc3ccc(C(=O)NC4CCN(C(=O)CCN5CCN(c6cccc7c6C(=O)N(C6CCC(=O)NC6=O)C7=O)CC5)CC4)cc3O)ncc21. The zero-order valence-corrected chi connectivity index (χ0v) is 36.4. The summed E-state index contributed by atoms with van der Waals surface area (Å²) in [6, 6.07) is 7.97. The molecule has 66 heavy (non-hydrogen) atoms. The topological polar surface area (TPSA) is 221 Å². The number of rotatable bonds is 10. The Morgan fingerprint density at radius 1 is 0.909 bits per heavy atom. The van der Waals surface area contributed by atoms with Crippen LogP contribution in [-0.4, -0.2) is 155 Å². The number of piperazine rings is 1. The summed E-state index contributed by atoms with van der Waals surface area (Å²) in [5.41, 5.74) is 1.66.